The van der Waals surface area contributed by atoms with E-state index in [0.29, 0.717) is 5.56 Å². The zero-order valence-corrected chi connectivity index (χ0v) is 13.4. The van der Waals surface area contributed by atoms with Crippen LogP contribution in [0.3, 0.4) is 0 Å². The van der Waals surface area contributed by atoms with Crippen molar-refractivity contribution in [3.8, 4) is 0 Å². The molecule has 23 heavy (non-hydrogen) atoms. The molecular weight excluding hydrogens is 295 g/mol. The van der Waals surface area contributed by atoms with Gasteiger partial charge in [0.1, 0.15) is 5.82 Å². The number of carbonyl (C=O) groups excluding carboxylic acids is 1. The molecule has 5 nitrogen and oxygen atoms in total. The third kappa shape index (κ3) is 3.42. The van der Waals surface area contributed by atoms with E-state index >= 15 is 0 Å². The van der Waals surface area contributed by atoms with Gasteiger partial charge in [-0.1, -0.05) is 12.1 Å². The lowest BCUT2D eigenvalue weighted by atomic mass is 10.0. The monoisotopic (exact) mass is 316 g/mol. The van der Waals surface area contributed by atoms with Crippen LogP contribution < -0.4 is 0 Å². The van der Waals surface area contributed by atoms with Gasteiger partial charge in [-0.3, -0.25) is 14.8 Å². The van der Waals surface area contributed by atoms with Crippen LogP contribution in [0, 0.1) is 5.82 Å². The van der Waals surface area contributed by atoms with Gasteiger partial charge in [0.2, 0.25) is 0 Å². The quantitative estimate of drug-likeness (QED) is 0.941. The maximum absolute atomic E-state index is 13.0. The van der Waals surface area contributed by atoms with Crippen LogP contribution in [0.2, 0.25) is 0 Å². The van der Waals surface area contributed by atoms with E-state index in [0.717, 1.165) is 37.3 Å². The molecule has 0 saturated carbocycles. The summed E-state index contributed by atoms with van der Waals surface area (Å²) in [5.41, 5.74) is 2.68. The molecule has 1 aromatic carbocycles. The lowest BCUT2D eigenvalue weighted by Crippen LogP contribution is -2.24. The van der Waals surface area contributed by atoms with Crippen LogP contribution in [0.1, 0.15) is 34.0 Å². The predicted octanol–water partition coefficient (Wildman–Crippen LogP) is 2.24. The van der Waals surface area contributed by atoms with E-state index in [1.54, 1.807) is 25.2 Å². The summed E-state index contributed by atoms with van der Waals surface area (Å²) in [7, 11) is 3.49. The van der Waals surface area contributed by atoms with Gasteiger partial charge in [0, 0.05) is 33.1 Å². The number of amides is 1. The number of hydrogen-bond donors (Lipinski definition) is 1. The molecule has 1 atom stereocenters. The van der Waals surface area contributed by atoms with Gasteiger partial charge in [-0.05, 0) is 30.7 Å². The Hall–Kier alpha value is -2.21. The summed E-state index contributed by atoms with van der Waals surface area (Å²) in [6.07, 6.45) is 2.59. The first-order chi connectivity index (χ1) is 11.0. The topological polar surface area (TPSA) is 52.2 Å². The first-order valence-corrected chi connectivity index (χ1v) is 7.76. The number of benzene rings is 1. The molecule has 0 spiro atoms. The minimum absolute atomic E-state index is 0.0225. The fourth-order valence-corrected chi connectivity index (χ4v) is 3.08. The fourth-order valence-electron chi connectivity index (χ4n) is 3.08. The number of rotatable bonds is 4. The van der Waals surface area contributed by atoms with Crippen LogP contribution >= 0.6 is 0 Å². The second-order valence-electron chi connectivity index (χ2n) is 6.24. The van der Waals surface area contributed by atoms with Crippen LogP contribution in [-0.2, 0) is 6.54 Å². The molecule has 1 fully saturated rings. The average Bonchev–Trinajstić information content (AvgIpc) is 3.17. The smallest absolute Gasteiger partial charge is 0.256 e. The number of aromatic amines is 1. The molecule has 1 unspecified atom stereocenters. The van der Waals surface area contributed by atoms with Crippen molar-refractivity contribution < 1.29 is 9.18 Å². The van der Waals surface area contributed by atoms with E-state index in [9.17, 15) is 9.18 Å². The van der Waals surface area contributed by atoms with E-state index in [1.165, 1.54) is 12.1 Å². The Balaban J connectivity index is 1.67. The minimum atomic E-state index is -0.211. The molecule has 0 radical (unpaired) electrons. The standard InChI is InChI=1S/C17H21FN4O/c1-21(2)17(23)15-9-19-20-16(15)13-7-8-22(11-13)10-12-3-5-14(18)6-4-12/h3-6,9,13H,7-8,10-11H2,1-2H3,(H,19,20). The number of nitrogens with zero attached hydrogens (tertiary/aromatic N) is 3. The molecule has 6 heteroatoms. The number of hydrogen-bond acceptors (Lipinski definition) is 3. The zero-order chi connectivity index (χ0) is 16.4. The summed E-state index contributed by atoms with van der Waals surface area (Å²) in [5.74, 6) is 0.0416. The fraction of sp³-hybridized carbons (Fsp3) is 0.412. The summed E-state index contributed by atoms with van der Waals surface area (Å²) in [6.45, 7) is 2.62. The first kappa shape index (κ1) is 15.7. The van der Waals surface area contributed by atoms with Gasteiger partial charge in [-0.2, -0.15) is 5.10 Å². The van der Waals surface area contributed by atoms with E-state index in [-0.39, 0.29) is 17.6 Å². The highest BCUT2D eigenvalue weighted by molar-refractivity contribution is 5.94. The molecule has 1 aliphatic rings. The van der Waals surface area contributed by atoms with E-state index in [2.05, 4.69) is 15.1 Å². The van der Waals surface area contributed by atoms with E-state index in [1.807, 2.05) is 12.1 Å². The molecule has 1 saturated heterocycles. The first-order valence-electron chi connectivity index (χ1n) is 7.76. The molecule has 3 rings (SSSR count). The Labute approximate surface area is 135 Å². The molecule has 2 heterocycles. The van der Waals surface area contributed by atoms with Crippen molar-refractivity contribution in [3.63, 3.8) is 0 Å². The van der Waals surface area contributed by atoms with Gasteiger partial charge >= 0.3 is 0 Å². The molecule has 1 aliphatic heterocycles. The maximum Gasteiger partial charge on any atom is 0.256 e. The van der Waals surface area contributed by atoms with Crippen LogP contribution in [0.4, 0.5) is 4.39 Å². The van der Waals surface area contributed by atoms with Gasteiger partial charge < -0.3 is 4.90 Å². The van der Waals surface area contributed by atoms with Gasteiger partial charge in [-0.25, -0.2) is 4.39 Å². The predicted molar refractivity (Wildman–Crippen MR) is 85.6 cm³/mol. The molecule has 122 valence electrons. The Bertz CT molecular complexity index is 680. The number of nitrogens with one attached hydrogen (secondary N) is 1. The highest BCUT2D eigenvalue weighted by atomic mass is 19.1. The van der Waals surface area contributed by atoms with E-state index < -0.39 is 0 Å². The van der Waals surface area contributed by atoms with Crippen molar-refractivity contribution in [1.82, 2.24) is 20.0 Å². The summed E-state index contributed by atoms with van der Waals surface area (Å²) < 4.78 is 13.0. The summed E-state index contributed by atoms with van der Waals surface area (Å²) in [5, 5.41) is 7.06. The van der Waals surface area contributed by atoms with Crippen molar-refractivity contribution in [2.24, 2.45) is 0 Å². The Morgan fingerprint density at radius 1 is 1.39 bits per heavy atom. The molecule has 2 aromatic rings. The zero-order valence-electron chi connectivity index (χ0n) is 13.4. The SMILES string of the molecule is CN(C)C(=O)c1cn[nH]c1C1CCN(Cc2ccc(F)cc2)C1. The molecule has 1 N–H and O–H groups in total. The van der Waals surface area contributed by atoms with Gasteiger partial charge in [-0.15, -0.1) is 0 Å². The third-order valence-electron chi connectivity index (χ3n) is 4.31. The van der Waals surface area contributed by atoms with Gasteiger partial charge in [0.25, 0.3) is 5.91 Å². The van der Waals surface area contributed by atoms with Gasteiger partial charge in [0.05, 0.1) is 17.5 Å². The number of H-pyrrole nitrogens is 1. The number of aromatic nitrogens is 2. The Morgan fingerprint density at radius 3 is 2.83 bits per heavy atom. The number of likely N-dealkylation sites (tertiary alicyclic amines) is 1. The maximum atomic E-state index is 13.0. The molecular formula is C17H21FN4O. The minimum Gasteiger partial charge on any atom is -0.345 e. The largest absolute Gasteiger partial charge is 0.345 e. The Morgan fingerprint density at radius 2 is 2.13 bits per heavy atom. The molecule has 0 bridgehead atoms. The van der Waals surface area contributed by atoms with Crippen LogP contribution in [0.15, 0.2) is 30.5 Å². The van der Waals surface area contributed by atoms with Crippen LogP contribution in [-0.4, -0.2) is 53.1 Å². The van der Waals surface area contributed by atoms with Crippen LogP contribution in [0.5, 0.6) is 0 Å². The lowest BCUT2D eigenvalue weighted by molar-refractivity contribution is 0.0826. The summed E-state index contributed by atoms with van der Waals surface area (Å²) in [4.78, 5) is 16.1. The number of carbonyl (C=O) groups is 1. The third-order valence-corrected chi connectivity index (χ3v) is 4.31. The summed E-state index contributed by atoms with van der Waals surface area (Å²) in [6, 6.07) is 6.62. The normalized spacial score (nSPS) is 18.3. The lowest BCUT2D eigenvalue weighted by Gasteiger charge is -2.17. The van der Waals surface area contributed by atoms with Crippen molar-refractivity contribution in [3.05, 3.63) is 53.1 Å². The average molecular weight is 316 g/mol. The van der Waals surface area contributed by atoms with Crippen molar-refractivity contribution in [2.45, 2.75) is 18.9 Å². The second kappa shape index (κ2) is 6.50. The molecule has 0 aliphatic carbocycles. The van der Waals surface area contributed by atoms with Crippen molar-refractivity contribution in [1.29, 1.82) is 0 Å². The second-order valence-corrected chi connectivity index (χ2v) is 6.24. The molecule has 1 amide bonds. The highest BCUT2D eigenvalue weighted by Crippen LogP contribution is 2.29. The van der Waals surface area contributed by atoms with Crippen molar-refractivity contribution in [2.75, 3.05) is 27.2 Å². The number of halogens is 1. The highest BCUT2D eigenvalue weighted by Gasteiger charge is 2.29. The van der Waals surface area contributed by atoms with Gasteiger partial charge in [0.15, 0.2) is 0 Å². The van der Waals surface area contributed by atoms with Crippen molar-refractivity contribution >= 4 is 5.91 Å². The summed E-state index contributed by atoms with van der Waals surface area (Å²) >= 11 is 0. The van der Waals surface area contributed by atoms with E-state index in [4.69, 9.17) is 0 Å². The molecule has 1 aromatic heterocycles. The van der Waals surface area contributed by atoms with Crippen LogP contribution in [0.25, 0.3) is 0 Å². The Kier molecular flexibility index (Phi) is 4.43.